The molecule has 2 heteroatoms. The topological polar surface area (TPSA) is 12.0 Å². The predicted molar refractivity (Wildman–Crippen MR) is 72.6 cm³/mol. The fourth-order valence-electron chi connectivity index (χ4n) is 2.41. The van der Waals surface area contributed by atoms with Crippen LogP contribution in [0.1, 0.15) is 43.2 Å². The van der Waals surface area contributed by atoms with Gasteiger partial charge >= 0.3 is 0 Å². The minimum absolute atomic E-state index is 0.737. The quantitative estimate of drug-likeness (QED) is 0.877. The second kappa shape index (κ2) is 5.83. The predicted octanol–water partition coefficient (Wildman–Crippen LogP) is 4.18. The highest BCUT2D eigenvalue weighted by atomic mass is 79.9. The number of aryl methyl sites for hydroxylation is 1. The van der Waals surface area contributed by atoms with Gasteiger partial charge in [-0.15, -0.1) is 0 Å². The van der Waals surface area contributed by atoms with Crippen LogP contribution in [0.15, 0.2) is 22.7 Å². The van der Waals surface area contributed by atoms with E-state index in [4.69, 9.17) is 0 Å². The molecule has 2 rings (SSSR count). The third-order valence-electron chi connectivity index (χ3n) is 3.46. The maximum absolute atomic E-state index is 3.68. The average molecular weight is 282 g/mol. The highest BCUT2D eigenvalue weighted by molar-refractivity contribution is 9.10. The van der Waals surface area contributed by atoms with E-state index in [1.165, 1.54) is 47.7 Å². The molecule has 1 nitrogen and oxygen atoms in total. The van der Waals surface area contributed by atoms with Gasteiger partial charge in [0.1, 0.15) is 0 Å². The van der Waals surface area contributed by atoms with Crippen molar-refractivity contribution in [2.75, 3.05) is 0 Å². The fraction of sp³-hybridized carbons (Fsp3) is 0.571. The first-order chi connectivity index (χ1) is 7.77. The van der Waals surface area contributed by atoms with Gasteiger partial charge in [-0.25, -0.2) is 0 Å². The molecule has 1 aliphatic carbocycles. The van der Waals surface area contributed by atoms with Crippen LogP contribution >= 0.6 is 15.9 Å². The van der Waals surface area contributed by atoms with E-state index in [0.29, 0.717) is 0 Å². The number of hydrogen-bond acceptors (Lipinski definition) is 1. The van der Waals surface area contributed by atoms with Crippen LogP contribution < -0.4 is 5.32 Å². The van der Waals surface area contributed by atoms with Crippen molar-refractivity contribution in [3.63, 3.8) is 0 Å². The highest BCUT2D eigenvalue weighted by Gasteiger charge is 2.12. The molecule has 0 aliphatic heterocycles. The van der Waals surface area contributed by atoms with Crippen LogP contribution in [0.3, 0.4) is 0 Å². The minimum atomic E-state index is 0.737. The molecular formula is C14H20BrN. The van der Waals surface area contributed by atoms with Crippen molar-refractivity contribution in [3.8, 4) is 0 Å². The first-order valence-corrected chi connectivity index (χ1v) is 7.04. The summed E-state index contributed by atoms with van der Waals surface area (Å²) in [7, 11) is 0. The molecule has 0 amide bonds. The van der Waals surface area contributed by atoms with Crippen LogP contribution in [0.4, 0.5) is 0 Å². The van der Waals surface area contributed by atoms with Gasteiger partial charge in [0.05, 0.1) is 0 Å². The maximum Gasteiger partial charge on any atom is 0.0249 e. The summed E-state index contributed by atoms with van der Waals surface area (Å²) >= 11 is 3.67. The summed E-state index contributed by atoms with van der Waals surface area (Å²) in [6, 6.07) is 7.22. The summed E-state index contributed by atoms with van der Waals surface area (Å²) in [5.41, 5.74) is 2.70. The van der Waals surface area contributed by atoms with Gasteiger partial charge in [-0.05, 0) is 30.9 Å². The lowest BCUT2D eigenvalue weighted by Crippen LogP contribution is -2.30. The molecule has 0 radical (unpaired) electrons. The molecule has 0 bridgehead atoms. The summed E-state index contributed by atoms with van der Waals surface area (Å²) in [6.07, 6.45) is 6.92. The summed E-state index contributed by atoms with van der Waals surface area (Å²) in [4.78, 5) is 0. The average Bonchev–Trinajstić information content (AvgIpc) is 2.32. The third-order valence-corrected chi connectivity index (χ3v) is 4.59. The van der Waals surface area contributed by atoms with Crippen molar-refractivity contribution in [2.45, 2.75) is 51.6 Å². The van der Waals surface area contributed by atoms with Crippen molar-refractivity contribution >= 4 is 15.9 Å². The molecule has 88 valence electrons. The van der Waals surface area contributed by atoms with Gasteiger partial charge in [0, 0.05) is 17.1 Å². The van der Waals surface area contributed by atoms with Crippen LogP contribution in [0, 0.1) is 6.92 Å². The third kappa shape index (κ3) is 3.08. The zero-order chi connectivity index (χ0) is 11.4. The Kier molecular flexibility index (Phi) is 4.42. The summed E-state index contributed by atoms with van der Waals surface area (Å²) in [5, 5.41) is 3.68. The van der Waals surface area contributed by atoms with Gasteiger partial charge in [-0.1, -0.05) is 53.4 Å². The summed E-state index contributed by atoms with van der Waals surface area (Å²) < 4.78 is 1.26. The van der Waals surface area contributed by atoms with Gasteiger partial charge in [-0.2, -0.15) is 0 Å². The highest BCUT2D eigenvalue weighted by Crippen LogP contribution is 2.22. The summed E-state index contributed by atoms with van der Waals surface area (Å²) in [6.45, 7) is 3.14. The lowest BCUT2D eigenvalue weighted by atomic mass is 9.95. The van der Waals surface area contributed by atoms with E-state index in [2.05, 4.69) is 46.4 Å². The number of benzene rings is 1. The SMILES string of the molecule is Cc1cccc(CNC2CCCCC2)c1Br. The number of nitrogens with one attached hydrogen (secondary N) is 1. The van der Waals surface area contributed by atoms with Gasteiger partial charge < -0.3 is 5.32 Å². The lowest BCUT2D eigenvalue weighted by molar-refractivity contribution is 0.372. The number of rotatable bonds is 3. The zero-order valence-electron chi connectivity index (χ0n) is 9.93. The molecule has 0 unspecified atom stereocenters. The molecule has 0 spiro atoms. The van der Waals surface area contributed by atoms with Crippen LogP contribution in [0.25, 0.3) is 0 Å². The molecule has 1 aliphatic rings. The van der Waals surface area contributed by atoms with E-state index >= 15 is 0 Å². The normalized spacial score (nSPS) is 17.6. The Morgan fingerprint density at radius 3 is 2.75 bits per heavy atom. The number of halogens is 1. The second-order valence-electron chi connectivity index (χ2n) is 4.76. The second-order valence-corrected chi connectivity index (χ2v) is 5.56. The fourth-order valence-corrected chi connectivity index (χ4v) is 2.81. The van der Waals surface area contributed by atoms with E-state index in [9.17, 15) is 0 Å². The van der Waals surface area contributed by atoms with Crippen molar-refractivity contribution < 1.29 is 0 Å². The van der Waals surface area contributed by atoms with Crippen LogP contribution in [-0.2, 0) is 6.54 Å². The van der Waals surface area contributed by atoms with E-state index < -0.39 is 0 Å². The molecule has 0 saturated heterocycles. The Morgan fingerprint density at radius 1 is 1.25 bits per heavy atom. The van der Waals surface area contributed by atoms with Crippen molar-refractivity contribution in [2.24, 2.45) is 0 Å². The van der Waals surface area contributed by atoms with Crippen LogP contribution in [-0.4, -0.2) is 6.04 Å². The first kappa shape index (κ1) is 12.1. The molecule has 0 heterocycles. The van der Waals surface area contributed by atoms with Gasteiger partial charge in [0.2, 0.25) is 0 Å². The van der Waals surface area contributed by atoms with E-state index in [0.717, 1.165) is 12.6 Å². The first-order valence-electron chi connectivity index (χ1n) is 6.25. The van der Waals surface area contributed by atoms with Gasteiger partial charge in [0.15, 0.2) is 0 Å². The standard InChI is InChI=1S/C14H20BrN/c1-11-6-5-7-12(14(11)15)10-16-13-8-3-2-4-9-13/h5-7,13,16H,2-4,8-10H2,1H3. The van der Waals surface area contributed by atoms with Crippen LogP contribution in [0.2, 0.25) is 0 Å². The minimum Gasteiger partial charge on any atom is -0.310 e. The smallest absolute Gasteiger partial charge is 0.0249 e. The Labute approximate surface area is 107 Å². The molecule has 0 aromatic heterocycles. The maximum atomic E-state index is 3.68. The number of hydrogen-bond donors (Lipinski definition) is 1. The van der Waals surface area contributed by atoms with Crippen molar-refractivity contribution in [1.82, 2.24) is 5.32 Å². The zero-order valence-corrected chi connectivity index (χ0v) is 11.5. The molecule has 16 heavy (non-hydrogen) atoms. The Balaban J connectivity index is 1.91. The molecule has 1 aromatic rings. The van der Waals surface area contributed by atoms with Crippen molar-refractivity contribution in [1.29, 1.82) is 0 Å². The lowest BCUT2D eigenvalue weighted by Gasteiger charge is -2.23. The summed E-state index contributed by atoms with van der Waals surface area (Å²) in [5.74, 6) is 0. The molecular weight excluding hydrogens is 262 g/mol. The largest absolute Gasteiger partial charge is 0.310 e. The molecule has 1 aromatic carbocycles. The molecule has 1 saturated carbocycles. The Morgan fingerprint density at radius 2 is 2.00 bits per heavy atom. The van der Waals surface area contributed by atoms with E-state index in [1.807, 2.05) is 0 Å². The molecule has 1 fully saturated rings. The van der Waals surface area contributed by atoms with Gasteiger partial charge in [-0.3, -0.25) is 0 Å². The Hall–Kier alpha value is -0.340. The monoisotopic (exact) mass is 281 g/mol. The molecule has 1 N–H and O–H groups in total. The Bertz CT molecular complexity index is 343. The van der Waals surface area contributed by atoms with Crippen molar-refractivity contribution in [3.05, 3.63) is 33.8 Å². The van der Waals surface area contributed by atoms with Crippen LogP contribution in [0.5, 0.6) is 0 Å². The molecule has 0 atom stereocenters. The van der Waals surface area contributed by atoms with Gasteiger partial charge in [0.25, 0.3) is 0 Å². The van der Waals surface area contributed by atoms with E-state index in [1.54, 1.807) is 0 Å². The van der Waals surface area contributed by atoms with E-state index in [-0.39, 0.29) is 0 Å².